The molecule has 0 aliphatic heterocycles. The first-order valence-electron chi connectivity index (χ1n) is 6.48. The number of hydrogen-bond donors (Lipinski definition) is 1. The molecular weight excluding hydrogens is 198 g/mol. The zero-order chi connectivity index (χ0) is 12.7. The quantitative estimate of drug-likeness (QED) is 0.680. The first kappa shape index (κ1) is 15.9. The van der Waals surface area contributed by atoms with E-state index in [4.69, 9.17) is 0 Å². The molecule has 0 heterocycles. The summed E-state index contributed by atoms with van der Waals surface area (Å²) in [6.07, 6.45) is 0. The summed E-state index contributed by atoms with van der Waals surface area (Å²) in [5.41, 5.74) is 0. The second kappa shape index (κ2) is 8.04. The topological polar surface area (TPSA) is 18.5 Å². The van der Waals surface area contributed by atoms with Crippen LogP contribution in [0.15, 0.2) is 0 Å². The highest BCUT2D eigenvalue weighted by atomic mass is 15.2. The predicted octanol–water partition coefficient (Wildman–Crippen LogP) is 1.50. The molecule has 0 rings (SSSR count). The van der Waals surface area contributed by atoms with Crippen LogP contribution in [0.25, 0.3) is 0 Å². The van der Waals surface area contributed by atoms with Crippen molar-refractivity contribution in [3.8, 4) is 0 Å². The third-order valence-electron chi connectivity index (χ3n) is 3.27. The number of nitrogens with zero attached hydrogens (tertiary/aromatic N) is 2. The molecule has 0 aromatic rings. The van der Waals surface area contributed by atoms with Gasteiger partial charge in [0.25, 0.3) is 0 Å². The van der Waals surface area contributed by atoms with Crippen LogP contribution in [0.5, 0.6) is 0 Å². The third kappa shape index (κ3) is 5.83. The van der Waals surface area contributed by atoms with Gasteiger partial charge in [0.2, 0.25) is 0 Å². The normalized spacial score (nSPS) is 16.1. The Morgan fingerprint density at radius 3 is 1.94 bits per heavy atom. The van der Waals surface area contributed by atoms with Gasteiger partial charge in [-0.15, -0.1) is 0 Å². The third-order valence-corrected chi connectivity index (χ3v) is 3.27. The monoisotopic (exact) mass is 229 g/mol. The summed E-state index contributed by atoms with van der Waals surface area (Å²) < 4.78 is 0. The van der Waals surface area contributed by atoms with E-state index in [0.29, 0.717) is 18.0 Å². The van der Waals surface area contributed by atoms with Crippen LogP contribution < -0.4 is 5.32 Å². The van der Waals surface area contributed by atoms with Gasteiger partial charge in [0.05, 0.1) is 0 Å². The number of rotatable bonds is 8. The summed E-state index contributed by atoms with van der Waals surface area (Å²) in [7, 11) is 6.35. The van der Waals surface area contributed by atoms with Crippen LogP contribution in [-0.2, 0) is 0 Å². The molecule has 0 aromatic carbocycles. The fraction of sp³-hybridized carbons (Fsp3) is 1.00. The van der Waals surface area contributed by atoms with Gasteiger partial charge in [0.1, 0.15) is 0 Å². The minimum atomic E-state index is 0.588. The highest BCUT2D eigenvalue weighted by molar-refractivity contribution is 4.77. The lowest BCUT2D eigenvalue weighted by molar-refractivity contribution is 0.155. The van der Waals surface area contributed by atoms with Gasteiger partial charge in [0.15, 0.2) is 0 Å². The molecule has 0 amide bonds. The van der Waals surface area contributed by atoms with Gasteiger partial charge in [0, 0.05) is 25.2 Å². The lowest BCUT2D eigenvalue weighted by atomic mass is 10.0. The average Bonchev–Trinajstić information content (AvgIpc) is 2.17. The summed E-state index contributed by atoms with van der Waals surface area (Å²) in [5.74, 6) is 0.686. The van der Waals surface area contributed by atoms with Crippen molar-refractivity contribution in [2.24, 2.45) is 5.92 Å². The fourth-order valence-electron chi connectivity index (χ4n) is 2.15. The molecule has 2 unspecified atom stereocenters. The summed E-state index contributed by atoms with van der Waals surface area (Å²) in [6, 6.07) is 1.21. The maximum atomic E-state index is 3.42. The van der Waals surface area contributed by atoms with Crippen LogP contribution in [0.2, 0.25) is 0 Å². The van der Waals surface area contributed by atoms with Crippen LogP contribution in [0.4, 0.5) is 0 Å². The first-order valence-corrected chi connectivity index (χ1v) is 6.48. The molecular formula is C13H31N3. The van der Waals surface area contributed by atoms with E-state index in [1.807, 2.05) is 0 Å². The Bertz CT molecular complexity index is 169. The maximum Gasteiger partial charge on any atom is 0.0215 e. The van der Waals surface area contributed by atoms with Crippen LogP contribution >= 0.6 is 0 Å². The molecule has 98 valence electrons. The van der Waals surface area contributed by atoms with Crippen molar-refractivity contribution in [3.05, 3.63) is 0 Å². The minimum absolute atomic E-state index is 0.588. The molecule has 0 fully saturated rings. The second-order valence-corrected chi connectivity index (χ2v) is 5.34. The Hall–Kier alpha value is -0.120. The van der Waals surface area contributed by atoms with Crippen LogP contribution in [-0.4, -0.2) is 62.7 Å². The van der Waals surface area contributed by atoms with E-state index < -0.39 is 0 Å². The van der Waals surface area contributed by atoms with Crippen molar-refractivity contribution in [2.75, 3.05) is 40.8 Å². The van der Waals surface area contributed by atoms with Gasteiger partial charge < -0.3 is 10.2 Å². The van der Waals surface area contributed by atoms with Crippen molar-refractivity contribution >= 4 is 0 Å². The molecule has 0 spiro atoms. The predicted molar refractivity (Wildman–Crippen MR) is 72.9 cm³/mol. The Morgan fingerprint density at radius 2 is 1.62 bits per heavy atom. The molecule has 0 saturated carbocycles. The lowest BCUT2D eigenvalue weighted by Gasteiger charge is -2.34. The SMILES string of the molecule is CCN(CC(NC)C(C)C)C(C)CN(C)C. The molecule has 2 atom stereocenters. The van der Waals surface area contributed by atoms with Crippen LogP contribution in [0, 0.1) is 5.92 Å². The van der Waals surface area contributed by atoms with E-state index in [-0.39, 0.29) is 0 Å². The Kier molecular flexibility index (Phi) is 7.98. The van der Waals surface area contributed by atoms with Crippen molar-refractivity contribution in [1.82, 2.24) is 15.1 Å². The highest BCUT2D eigenvalue weighted by Gasteiger charge is 2.19. The second-order valence-electron chi connectivity index (χ2n) is 5.34. The van der Waals surface area contributed by atoms with Crippen molar-refractivity contribution < 1.29 is 0 Å². The molecule has 3 nitrogen and oxygen atoms in total. The van der Waals surface area contributed by atoms with E-state index in [9.17, 15) is 0 Å². The highest BCUT2D eigenvalue weighted by Crippen LogP contribution is 2.07. The summed E-state index contributed by atoms with van der Waals surface area (Å²) in [4.78, 5) is 4.82. The number of nitrogens with one attached hydrogen (secondary N) is 1. The molecule has 0 aromatic heterocycles. The van der Waals surface area contributed by atoms with E-state index in [1.54, 1.807) is 0 Å². The summed E-state index contributed by atoms with van der Waals surface area (Å²) >= 11 is 0. The van der Waals surface area contributed by atoms with E-state index in [0.717, 1.165) is 19.6 Å². The Balaban J connectivity index is 4.26. The smallest absolute Gasteiger partial charge is 0.0215 e. The number of likely N-dealkylation sites (N-methyl/N-ethyl adjacent to an activating group) is 3. The Morgan fingerprint density at radius 1 is 1.06 bits per heavy atom. The van der Waals surface area contributed by atoms with E-state index in [2.05, 4.69) is 64.0 Å². The fourth-order valence-corrected chi connectivity index (χ4v) is 2.15. The summed E-state index contributed by atoms with van der Waals surface area (Å²) in [6.45, 7) is 12.5. The molecule has 1 N–H and O–H groups in total. The van der Waals surface area contributed by atoms with Gasteiger partial charge in [-0.2, -0.15) is 0 Å². The van der Waals surface area contributed by atoms with Gasteiger partial charge in [-0.05, 0) is 40.5 Å². The minimum Gasteiger partial charge on any atom is -0.315 e. The van der Waals surface area contributed by atoms with Crippen LogP contribution in [0.3, 0.4) is 0 Å². The molecule has 3 heteroatoms. The van der Waals surface area contributed by atoms with Gasteiger partial charge >= 0.3 is 0 Å². The first-order chi connectivity index (χ1) is 7.42. The van der Waals surface area contributed by atoms with Gasteiger partial charge in [-0.1, -0.05) is 20.8 Å². The summed E-state index contributed by atoms with van der Waals surface area (Å²) in [5, 5.41) is 3.42. The van der Waals surface area contributed by atoms with E-state index in [1.165, 1.54) is 0 Å². The lowest BCUT2D eigenvalue weighted by Crippen LogP contribution is -2.48. The standard InChI is InChI=1S/C13H31N3/c1-8-16(12(4)9-15(6)7)10-13(14-5)11(2)3/h11-14H,8-10H2,1-7H3. The Labute approximate surface area is 102 Å². The van der Waals surface area contributed by atoms with Gasteiger partial charge in [-0.3, -0.25) is 4.90 Å². The average molecular weight is 229 g/mol. The molecule has 16 heavy (non-hydrogen) atoms. The van der Waals surface area contributed by atoms with Gasteiger partial charge in [-0.25, -0.2) is 0 Å². The zero-order valence-corrected chi connectivity index (χ0v) is 12.2. The maximum absolute atomic E-state index is 3.42. The largest absolute Gasteiger partial charge is 0.315 e. The molecule has 0 aliphatic carbocycles. The van der Waals surface area contributed by atoms with Crippen molar-refractivity contribution in [3.63, 3.8) is 0 Å². The number of hydrogen-bond acceptors (Lipinski definition) is 3. The van der Waals surface area contributed by atoms with Crippen molar-refractivity contribution in [1.29, 1.82) is 0 Å². The zero-order valence-electron chi connectivity index (χ0n) is 12.2. The van der Waals surface area contributed by atoms with E-state index >= 15 is 0 Å². The van der Waals surface area contributed by atoms with Crippen molar-refractivity contribution in [2.45, 2.75) is 39.8 Å². The molecule has 0 radical (unpaired) electrons. The van der Waals surface area contributed by atoms with Crippen LogP contribution in [0.1, 0.15) is 27.7 Å². The molecule has 0 aliphatic rings. The molecule has 0 saturated heterocycles. The molecule has 0 bridgehead atoms.